The minimum atomic E-state index is 0.682. The molecule has 3 atom stereocenters. The fraction of sp³-hybridized carbons (Fsp3) is 0.632. The summed E-state index contributed by atoms with van der Waals surface area (Å²) in [7, 11) is 0. The number of thiocarbonyl (C=S) groups is 1. The minimum absolute atomic E-state index is 0.682. The van der Waals surface area contributed by atoms with E-state index in [1.807, 2.05) is 24.3 Å². The molecule has 0 amide bonds. The van der Waals surface area contributed by atoms with Gasteiger partial charge in [0.25, 0.3) is 0 Å². The fourth-order valence-corrected chi connectivity index (χ4v) is 4.54. The molecule has 0 aromatic heterocycles. The highest BCUT2D eigenvalue weighted by Crippen LogP contribution is 2.31. The molecule has 1 heterocycles. The lowest BCUT2D eigenvalue weighted by Crippen LogP contribution is -2.41. The Morgan fingerprint density at radius 3 is 2.92 bits per heavy atom. The highest BCUT2D eigenvalue weighted by atomic mass is 35.5. The van der Waals surface area contributed by atoms with E-state index in [1.54, 1.807) is 0 Å². The molecule has 1 saturated carbocycles. The van der Waals surface area contributed by atoms with E-state index in [0.717, 1.165) is 29.2 Å². The van der Waals surface area contributed by atoms with E-state index in [1.165, 1.54) is 45.2 Å². The average Bonchev–Trinajstić information content (AvgIpc) is 3.02. The van der Waals surface area contributed by atoms with Crippen LogP contribution in [0.3, 0.4) is 0 Å². The van der Waals surface area contributed by atoms with Crippen LogP contribution in [0, 0.1) is 11.8 Å². The maximum absolute atomic E-state index is 6.00. The van der Waals surface area contributed by atoms with Crippen LogP contribution in [0.15, 0.2) is 24.3 Å². The van der Waals surface area contributed by atoms with E-state index in [4.69, 9.17) is 23.8 Å². The van der Waals surface area contributed by atoms with Gasteiger partial charge in [-0.3, -0.25) is 4.90 Å². The van der Waals surface area contributed by atoms with Gasteiger partial charge >= 0.3 is 0 Å². The SMILES string of the molecule is CC1CCCCC1N1CCC(CNC(=S)Nc2cccc(Cl)c2)C1. The van der Waals surface area contributed by atoms with Gasteiger partial charge in [-0.05, 0) is 68.1 Å². The Morgan fingerprint density at radius 2 is 2.12 bits per heavy atom. The summed E-state index contributed by atoms with van der Waals surface area (Å²) in [4.78, 5) is 2.73. The molecule has 1 aromatic rings. The van der Waals surface area contributed by atoms with Gasteiger partial charge in [0, 0.05) is 29.8 Å². The second-order valence-corrected chi connectivity index (χ2v) is 8.17. The van der Waals surface area contributed by atoms with Crippen molar-refractivity contribution in [2.75, 3.05) is 25.0 Å². The molecule has 0 radical (unpaired) electrons. The minimum Gasteiger partial charge on any atom is -0.362 e. The number of benzene rings is 1. The van der Waals surface area contributed by atoms with Crippen LogP contribution in [0.5, 0.6) is 0 Å². The molecule has 1 saturated heterocycles. The van der Waals surface area contributed by atoms with Crippen LogP contribution in [-0.4, -0.2) is 35.7 Å². The van der Waals surface area contributed by atoms with Crippen molar-refractivity contribution >= 4 is 34.6 Å². The van der Waals surface area contributed by atoms with Crippen molar-refractivity contribution in [3.8, 4) is 0 Å². The van der Waals surface area contributed by atoms with Crippen molar-refractivity contribution in [2.45, 2.75) is 45.1 Å². The van der Waals surface area contributed by atoms with Crippen LogP contribution in [-0.2, 0) is 0 Å². The maximum Gasteiger partial charge on any atom is 0.170 e. The molecule has 2 N–H and O–H groups in total. The zero-order valence-corrected chi connectivity index (χ0v) is 16.0. The third-order valence-corrected chi connectivity index (χ3v) is 5.97. The Kier molecular flexibility index (Phi) is 6.37. The maximum atomic E-state index is 6.00. The van der Waals surface area contributed by atoms with Crippen LogP contribution in [0.1, 0.15) is 39.0 Å². The molecule has 0 spiro atoms. The number of nitrogens with one attached hydrogen (secondary N) is 2. The summed E-state index contributed by atoms with van der Waals surface area (Å²) in [5, 5.41) is 7.99. The van der Waals surface area contributed by atoms with Gasteiger partial charge in [0.2, 0.25) is 0 Å². The summed E-state index contributed by atoms with van der Waals surface area (Å²) < 4.78 is 0. The van der Waals surface area contributed by atoms with E-state index >= 15 is 0 Å². The van der Waals surface area contributed by atoms with Crippen LogP contribution in [0.2, 0.25) is 5.02 Å². The molecule has 24 heavy (non-hydrogen) atoms. The van der Waals surface area contributed by atoms with Crippen molar-refractivity contribution < 1.29 is 0 Å². The summed E-state index contributed by atoms with van der Waals surface area (Å²) in [6.45, 7) is 5.83. The highest BCUT2D eigenvalue weighted by molar-refractivity contribution is 7.80. The first kappa shape index (κ1) is 18.0. The third-order valence-electron chi connectivity index (χ3n) is 5.49. The number of likely N-dealkylation sites (tertiary alicyclic amines) is 1. The van der Waals surface area contributed by atoms with E-state index in [2.05, 4.69) is 22.5 Å². The van der Waals surface area contributed by atoms with Gasteiger partial charge in [-0.1, -0.05) is 37.4 Å². The first-order valence-electron chi connectivity index (χ1n) is 9.16. The summed E-state index contributed by atoms with van der Waals surface area (Å²) in [5.74, 6) is 1.55. The first-order chi connectivity index (χ1) is 11.6. The molecule has 3 unspecified atom stereocenters. The Balaban J connectivity index is 1.42. The van der Waals surface area contributed by atoms with Crippen molar-refractivity contribution in [2.24, 2.45) is 11.8 Å². The molecule has 3 nitrogen and oxygen atoms in total. The lowest BCUT2D eigenvalue weighted by atomic mass is 9.85. The first-order valence-corrected chi connectivity index (χ1v) is 9.95. The molecule has 1 aliphatic heterocycles. The van der Waals surface area contributed by atoms with Crippen molar-refractivity contribution in [3.63, 3.8) is 0 Å². The zero-order chi connectivity index (χ0) is 16.9. The Morgan fingerprint density at radius 1 is 1.29 bits per heavy atom. The molecule has 1 aromatic carbocycles. The Bertz CT molecular complexity index is 565. The monoisotopic (exact) mass is 365 g/mol. The number of hydrogen-bond acceptors (Lipinski definition) is 2. The Labute approximate surface area is 156 Å². The normalized spacial score (nSPS) is 27.8. The van der Waals surface area contributed by atoms with Gasteiger partial charge in [0.1, 0.15) is 0 Å². The largest absolute Gasteiger partial charge is 0.362 e. The molecule has 5 heteroatoms. The average molecular weight is 366 g/mol. The predicted molar refractivity (Wildman–Crippen MR) is 107 cm³/mol. The summed E-state index contributed by atoms with van der Waals surface area (Å²) in [6.07, 6.45) is 6.88. The number of nitrogens with zero attached hydrogens (tertiary/aromatic N) is 1. The molecule has 132 valence electrons. The van der Waals surface area contributed by atoms with Gasteiger partial charge in [-0.15, -0.1) is 0 Å². The zero-order valence-electron chi connectivity index (χ0n) is 14.4. The number of rotatable bonds is 4. The molecular formula is C19H28ClN3S. The van der Waals surface area contributed by atoms with Crippen molar-refractivity contribution in [1.29, 1.82) is 0 Å². The van der Waals surface area contributed by atoms with Gasteiger partial charge < -0.3 is 10.6 Å². The second-order valence-electron chi connectivity index (χ2n) is 7.32. The molecule has 2 aliphatic rings. The van der Waals surface area contributed by atoms with E-state index in [9.17, 15) is 0 Å². The van der Waals surface area contributed by atoms with Crippen LogP contribution >= 0.6 is 23.8 Å². The van der Waals surface area contributed by atoms with E-state index < -0.39 is 0 Å². The van der Waals surface area contributed by atoms with E-state index in [0.29, 0.717) is 11.0 Å². The van der Waals surface area contributed by atoms with Crippen LogP contribution in [0.25, 0.3) is 0 Å². The lowest BCUT2D eigenvalue weighted by molar-refractivity contribution is 0.134. The summed E-state index contributed by atoms with van der Waals surface area (Å²) >= 11 is 11.4. The summed E-state index contributed by atoms with van der Waals surface area (Å²) in [6, 6.07) is 8.45. The summed E-state index contributed by atoms with van der Waals surface area (Å²) in [5.41, 5.74) is 0.934. The van der Waals surface area contributed by atoms with E-state index in [-0.39, 0.29) is 0 Å². The number of anilines is 1. The second kappa shape index (κ2) is 8.50. The highest BCUT2D eigenvalue weighted by Gasteiger charge is 2.32. The fourth-order valence-electron chi connectivity index (χ4n) is 4.15. The van der Waals surface area contributed by atoms with Crippen LogP contribution < -0.4 is 10.6 Å². The number of hydrogen-bond donors (Lipinski definition) is 2. The molecule has 0 bridgehead atoms. The molecular weight excluding hydrogens is 338 g/mol. The van der Waals surface area contributed by atoms with Crippen LogP contribution in [0.4, 0.5) is 5.69 Å². The topological polar surface area (TPSA) is 27.3 Å². The quantitative estimate of drug-likeness (QED) is 0.767. The van der Waals surface area contributed by atoms with Crippen molar-refractivity contribution in [1.82, 2.24) is 10.2 Å². The number of halogens is 1. The van der Waals surface area contributed by atoms with Crippen molar-refractivity contribution in [3.05, 3.63) is 29.3 Å². The molecule has 2 fully saturated rings. The molecule has 3 rings (SSSR count). The molecule has 1 aliphatic carbocycles. The standard InChI is InChI=1S/C19H28ClN3S/c1-14-5-2-3-8-18(14)23-10-9-15(13-23)12-21-19(24)22-17-7-4-6-16(20)11-17/h4,6-7,11,14-15,18H,2-3,5,8-10,12-13H2,1H3,(H2,21,22,24). The lowest BCUT2D eigenvalue weighted by Gasteiger charge is -2.36. The predicted octanol–water partition coefficient (Wildman–Crippen LogP) is 4.53. The van der Waals surface area contributed by atoms with Gasteiger partial charge in [0.05, 0.1) is 0 Å². The van der Waals surface area contributed by atoms with Gasteiger partial charge in [-0.2, -0.15) is 0 Å². The Hall–Kier alpha value is -0.840. The van der Waals surface area contributed by atoms with Gasteiger partial charge in [0.15, 0.2) is 5.11 Å². The van der Waals surface area contributed by atoms with Gasteiger partial charge in [-0.25, -0.2) is 0 Å². The smallest absolute Gasteiger partial charge is 0.170 e. The third kappa shape index (κ3) is 4.84.